The molecule has 0 aromatic heterocycles. The molecule has 12 heavy (non-hydrogen) atoms. The molecular weight excluding hydrogens is 177 g/mol. The molecule has 0 aliphatic heterocycles. The molecule has 0 atom stereocenters. The molecule has 0 amide bonds. The van der Waals surface area contributed by atoms with Gasteiger partial charge in [0.15, 0.2) is 0 Å². The van der Waals surface area contributed by atoms with E-state index < -0.39 is 5.82 Å². The number of nitrogens with zero attached hydrogens (tertiary/aromatic N) is 1. The fourth-order valence-electron chi connectivity index (χ4n) is 0.829. The van der Waals surface area contributed by atoms with Crippen LogP contribution >= 0.6 is 11.6 Å². The largest absolute Gasteiger partial charge is 0.205 e. The number of benzene rings is 1. The second kappa shape index (κ2) is 3.38. The van der Waals surface area contributed by atoms with Crippen molar-refractivity contribution in [1.29, 1.82) is 5.26 Å². The first-order valence-corrected chi connectivity index (χ1v) is 3.59. The van der Waals surface area contributed by atoms with Crippen molar-refractivity contribution in [2.75, 3.05) is 0 Å². The second-order valence-electron chi connectivity index (χ2n) is 2.14. The van der Waals surface area contributed by atoms with Crippen LogP contribution in [0.1, 0.15) is 11.1 Å². The summed E-state index contributed by atoms with van der Waals surface area (Å²) < 4.78 is 13.2. The van der Waals surface area contributed by atoms with E-state index in [2.05, 4.69) is 6.58 Å². The third-order valence-corrected chi connectivity index (χ3v) is 1.77. The third kappa shape index (κ3) is 1.32. The molecule has 0 spiro atoms. The van der Waals surface area contributed by atoms with Crippen LogP contribution in [0.4, 0.5) is 4.39 Å². The maximum atomic E-state index is 13.2. The van der Waals surface area contributed by atoms with Crippen molar-refractivity contribution in [3.8, 4) is 6.07 Å². The maximum Gasteiger partial charge on any atom is 0.149 e. The van der Waals surface area contributed by atoms with Crippen molar-refractivity contribution >= 4 is 17.7 Å². The van der Waals surface area contributed by atoms with Gasteiger partial charge in [-0.25, -0.2) is 4.39 Å². The normalized spacial score (nSPS) is 9.08. The minimum atomic E-state index is -0.611. The highest BCUT2D eigenvalue weighted by Crippen LogP contribution is 2.21. The molecule has 1 aromatic rings. The van der Waals surface area contributed by atoms with Crippen LogP contribution in [0.5, 0.6) is 0 Å². The van der Waals surface area contributed by atoms with Crippen molar-refractivity contribution in [2.45, 2.75) is 0 Å². The summed E-state index contributed by atoms with van der Waals surface area (Å²) >= 11 is 5.56. The van der Waals surface area contributed by atoms with Crippen molar-refractivity contribution in [2.24, 2.45) is 0 Å². The van der Waals surface area contributed by atoms with E-state index in [4.69, 9.17) is 16.9 Å². The molecule has 0 saturated heterocycles. The number of hydrogen-bond donors (Lipinski definition) is 0. The van der Waals surface area contributed by atoms with Crippen LogP contribution in [0.15, 0.2) is 18.7 Å². The minimum Gasteiger partial charge on any atom is -0.205 e. The van der Waals surface area contributed by atoms with E-state index in [0.29, 0.717) is 0 Å². The number of rotatable bonds is 1. The van der Waals surface area contributed by atoms with Crippen molar-refractivity contribution in [1.82, 2.24) is 0 Å². The molecule has 0 unspecified atom stereocenters. The van der Waals surface area contributed by atoms with Gasteiger partial charge in [-0.15, -0.1) is 0 Å². The molecule has 3 heteroatoms. The van der Waals surface area contributed by atoms with Gasteiger partial charge in [-0.3, -0.25) is 0 Å². The Bertz CT molecular complexity index is 366. The Balaban J connectivity index is 3.46. The summed E-state index contributed by atoms with van der Waals surface area (Å²) in [6.45, 7) is 3.40. The van der Waals surface area contributed by atoms with Gasteiger partial charge in [-0.1, -0.05) is 30.3 Å². The van der Waals surface area contributed by atoms with Gasteiger partial charge in [0.25, 0.3) is 0 Å². The number of hydrogen-bond acceptors (Lipinski definition) is 1. The van der Waals surface area contributed by atoms with E-state index in [1.165, 1.54) is 18.2 Å². The van der Waals surface area contributed by atoms with E-state index in [1.807, 2.05) is 0 Å². The van der Waals surface area contributed by atoms with Crippen molar-refractivity contribution in [3.05, 3.63) is 40.7 Å². The smallest absolute Gasteiger partial charge is 0.149 e. The quantitative estimate of drug-likeness (QED) is 0.654. The van der Waals surface area contributed by atoms with Gasteiger partial charge in [0.05, 0.1) is 5.02 Å². The minimum absolute atomic E-state index is 0.126. The Labute approximate surface area is 74.7 Å². The van der Waals surface area contributed by atoms with Gasteiger partial charge in [-0.2, -0.15) is 5.26 Å². The van der Waals surface area contributed by atoms with E-state index >= 15 is 0 Å². The number of nitriles is 1. The highest BCUT2D eigenvalue weighted by molar-refractivity contribution is 6.31. The zero-order valence-corrected chi connectivity index (χ0v) is 6.90. The Morgan fingerprint density at radius 1 is 1.58 bits per heavy atom. The summed E-state index contributed by atoms with van der Waals surface area (Å²) in [7, 11) is 0. The lowest BCUT2D eigenvalue weighted by molar-refractivity contribution is 0.621. The van der Waals surface area contributed by atoms with Crippen molar-refractivity contribution in [3.63, 3.8) is 0 Å². The predicted octanol–water partition coefficient (Wildman–Crippen LogP) is 2.99. The predicted molar refractivity (Wildman–Crippen MR) is 46.2 cm³/mol. The van der Waals surface area contributed by atoms with Crippen LogP contribution < -0.4 is 0 Å². The van der Waals surface area contributed by atoms with Gasteiger partial charge >= 0.3 is 0 Å². The molecular formula is C9H5ClFN. The molecule has 0 N–H and O–H groups in total. The average molecular weight is 182 g/mol. The van der Waals surface area contributed by atoms with Crippen LogP contribution in [0.2, 0.25) is 5.02 Å². The number of halogens is 2. The summed E-state index contributed by atoms with van der Waals surface area (Å²) in [6, 6.07) is 4.63. The summed E-state index contributed by atoms with van der Waals surface area (Å²) in [4.78, 5) is 0. The van der Waals surface area contributed by atoms with Crippen LogP contribution in [0.3, 0.4) is 0 Å². The van der Waals surface area contributed by atoms with Crippen LogP contribution in [0.25, 0.3) is 6.08 Å². The van der Waals surface area contributed by atoms with E-state index in [0.717, 1.165) is 0 Å². The van der Waals surface area contributed by atoms with Gasteiger partial charge in [0, 0.05) is 5.56 Å². The molecule has 60 valence electrons. The van der Waals surface area contributed by atoms with Crippen LogP contribution in [-0.4, -0.2) is 0 Å². The van der Waals surface area contributed by atoms with E-state index in [-0.39, 0.29) is 16.1 Å². The highest BCUT2D eigenvalue weighted by Gasteiger charge is 2.09. The summed E-state index contributed by atoms with van der Waals surface area (Å²) in [5.41, 5.74) is 0.157. The fraction of sp³-hybridized carbons (Fsp3) is 0. The molecule has 0 aliphatic rings. The SMILES string of the molecule is C=Cc1ccc(Cl)c(C#N)c1F. The lowest BCUT2D eigenvalue weighted by Gasteiger charge is -1.99. The molecule has 0 bridgehead atoms. The monoisotopic (exact) mass is 181 g/mol. The highest BCUT2D eigenvalue weighted by atomic mass is 35.5. The lowest BCUT2D eigenvalue weighted by Crippen LogP contribution is -1.88. The third-order valence-electron chi connectivity index (χ3n) is 1.45. The first-order valence-electron chi connectivity index (χ1n) is 3.21. The maximum absolute atomic E-state index is 13.2. The Morgan fingerprint density at radius 3 is 2.75 bits per heavy atom. The van der Waals surface area contributed by atoms with Gasteiger partial charge in [0.1, 0.15) is 17.4 Å². The molecule has 0 heterocycles. The van der Waals surface area contributed by atoms with Gasteiger partial charge in [0.2, 0.25) is 0 Å². The first-order chi connectivity index (χ1) is 5.70. The second-order valence-corrected chi connectivity index (χ2v) is 2.55. The standard InChI is InChI=1S/C9H5ClFN/c1-2-6-3-4-8(10)7(5-12)9(6)11/h2-4H,1H2. The molecule has 0 aliphatic carbocycles. The zero-order chi connectivity index (χ0) is 9.14. The summed E-state index contributed by atoms with van der Waals surface area (Å²) in [5, 5.41) is 8.64. The molecule has 1 nitrogen and oxygen atoms in total. The molecule has 1 aromatic carbocycles. The Morgan fingerprint density at radius 2 is 2.25 bits per heavy atom. The fourth-order valence-corrected chi connectivity index (χ4v) is 1.02. The summed E-state index contributed by atoms with van der Waals surface area (Å²) in [5.74, 6) is -0.611. The summed E-state index contributed by atoms with van der Waals surface area (Å²) in [6.07, 6.45) is 1.34. The first kappa shape index (κ1) is 8.76. The molecule has 0 fully saturated rings. The average Bonchev–Trinajstić information content (AvgIpc) is 2.06. The lowest BCUT2D eigenvalue weighted by atomic mass is 10.1. The van der Waals surface area contributed by atoms with Gasteiger partial charge in [-0.05, 0) is 6.07 Å². The van der Waals surface area contributed by atoms with E-state index in [9.17, 15) is 4.39 Å². The zero-order valence-electron chi connectivity index (χ0n) is 6.14. The topological polar surface area (TPSA) is 23.8 Å². The Kier molecular flexibility index (Phi) is 2.47. The van der Waals surface area contributed by atoms with E-state index in [1.54, 1.807) is 6.07 Å². The van der Waals surface area contributed by atoms with Crippen molar-refractivity contribution < 1.29 is 4.39 Å². The molecule has 0 saturated carbocycles. The van der Waals surface area contributed by atoms with Crippen LogP contribution in [0, 0.1) is 17.1 Å². The molecule has 1 rings (SSSR count). The van der Waals surface area contributed by atoms with Crippen LogP contribution in [-0.2, 0) is 0 Å². The van der Waals surface area contributed by atoms with Gasteiger partial charge < -0.3 is 0 Å². The Hall–Kier alpha value is -1.33. The molecule has 0 radical (unpaired) electrons.